The van der Waals surface area contributed by atoms with Crippen molar-refractivity contribution in [1.29, 1.82) is 0 Å². The van der Waals surface area contributed by atoms with Gasteiger partial charge >= 0.3 is 0 Å². The van der Waals surface area contributed by atoms with Gasteiger partial charge in [-0.2, -0.15) is 0 Å². The smallest absolute Gasteiger partial charge is 0.213 e. The lowest BCUT2D eigenvalue weighted by molar-refractivity contribution is -0.883. The van der Waals surface area contributed by atoms with Crippen molar-refractivity contribution in [2.24, 2.45) is 0 Å². The van der Waals surface area contributed by atoms with Gasteiger partial charge in [0.25, 0.3) is 0 Å². The number of aromatic amines is 1. The lowest BCUT2D eigenvalue weighted by Gasteiger charge is -2.23. The maximum Gasteiger partial charge on any atom is 0.213 e. The summed E-state index contributed by atoms with van der Waals surface area (Å²) in [5, 5.41) is 0. The minimum absolute atomic E-state index is 0.662. The zero-order valence-corrected chi connectivity index (χ0v) is 12.2. The summed E-state index contributed by atoms with van der Waals surface area (Å²) in [4.78, 5) is 7.71. The number of quaternary nitrogens is 1. The van der Waals surface area contributed by atoms with Gasteiger partial charge < -0.3 is 14.2 Å². The van der Waals surface area contributed by atoms with Crippen LogP contribution in [-0.2, 0) is 6.54 Å². The Bertz CT molecular complexity index is 497. The molecule has 0 radical (unpaired) electrons. The van der Waals surface area contributed by atoms with Gasteiger partial charge in [-0.15, -0.1) is 0 Å². The van der Waals surface area contributed by atoms with Crippen LogP contribution in [0.25, 0.3) is 11.0 Å². The Balaban J connectivity index is 0.000000771. The fourth-order valence-corrected chi connectivity index (χ4v) is 1.78. The molecule has 0 aliphatic carbocycles. The van der Waals surface area contributed by atoms with E-state index in [2.05, 4.69) is 31.1 Å². The maximum atomic E-state index is 5.15. The highest BCUT2D eigenvalue weighted by atomic mass is 16.5. The number of ether oxygens (including phenoxy) is 1. The van der Waals surface area contributed by atoms with Gasteiger partial charge in [0.1, 0.15) is 12.1 Å². The van der Waals surface area contributed by atoms with Crippen LogP contribution < -0.4 is 4.74 Å². The maximum absolute atomic E-state index is 5.15. The highest BCUT2D eigenvalue weighted by Crippen LogP contribution is 2.21. The zero-order chi connectivity index (χ0) is 13.8. The van der Waals surface area contributed by atoms with E-state index in [-0.39, 0.29) is 0 Å². The van der Waals surface area contributed by atoms with Crippen LogP contribution in [0.2, 0.25) is 0 Å². The molecular formula is C14H24N3O+. The molecule has 0 amide bonds. The molecule has 0 atom stereocenters. The molecule has 18 heavy (non-hydrogen) atoms. The monoisotopic (exact) mass is 250 g/mol. The normalized spacial score (nSPS) is 11.0. The first-order valence-electron chi connectivity index (χ1n) is 6.31. The van der Waals surface area contributed by atoms with Gasteiger partial charge in [0.2, 0.25) is 5.88 Å². The third kappa shape index (κ3) is 3.47. The van der Waals surface area contributed by atoms with Crippen LogP contribution in [0.4, 0.5) is 0 Å². The molecule has 0 bridgehead atoms. The van der Waals surface area contributed by atoms with Gasteiger partial charge in [-0.1, -0.05) is 13.8 Å². The standard InChI is InChI=1S/C12H18N3O.C2H6/c1-15(2,3)8-9-7-13-10-5-6-11(16-4)14-12(9)10;1-2/h5-7,13H,8H2,1-4H3;1-2H3/q+1;. The van der Waals surface area contributed by atoms with Gasteiger partial charge in [0.05, 0.1) is 39.3 Å². The van der Waals surface area contributed by atoms with Crippen LogP contribution in [0.15, 0.2) is 18.3 Å². The average molecular weight is 250 g/mol. The van der Waals surface area contributed by atoms with E-state index in [0.717, 1.165) is 22.1 Å². The molecule has 1 N–H and O–H groups in total. The van der Waals surface area contributed by atoms with Crippen molar-refractivity contribution in [3.8, 4) is 5.88 Å². The van der Waals surface area contributed by atoms with Crippen molar-refractivity contribution in [3.05, 3.63) is 23.9 Å². The van der Waals surface area contributed by atoms with Crippen molar-refractivity contribution in [2.75, 3.05) is 28.3 Å². The first-order valence-corrected chi connectivity index (χ1v) is 6.31. The molecule has 4 heteroatoms. The van der Waals surface area contributed by atoms with E-state index >= 15 is 0 Å². The predicted octanol–water partition coefficient (Wildman–Crippen LogP) is 2.80. The Labute approximate surface area is 109 Å². The fourth-order valence-electron chi connectivity index (χ4n) is 1.78. The van der Waals surface area contributed by atoms with Crippen LogP contribution in [0.5, 0.6) is 5.88 Å². The van der Waals surface area contributed by atoms with Crippen LogP contribution in [0.3, 0.4) is 0 Å². The second-order valence-corrected chi connectivity index (χ2v) is 5.01. The first kappa shape index (κ1) is 14.5. The molecule has 100 valence electrons. The quantitative estimate of drug-likeness (QED) is 0.851. The second kappa shape index (κ2) is 5.87. The Morgan fingerprint density at radius 2 is 1.89 bits per heavy atom. The highest BCUT2D eigenvalue weighted by molar-refractivity contribution is 5.79. The van der Waals surface area contributed by atoms with Crippen LogP contribution in [0, 0.1) is 0 Å². The first-order chi connectivity index (χ1) is 8.49. The molecule has 4 nitrogen and oxygen atoms in total. The number of fused-ring (bicyclic) bond motifs is 1. The van der Waals surface area contributed by atoms with E-state index in [1.54, 1.807) is 7.11 Å². The summed E-state index contributed by atoms with van der Waals surface area (Å²) >= 11 is 0. The average Bonchev–Trinajstić information content (AvgIpc) is 2.72. The summed E-state index contributed by atoms with van der Waals surface area (Å²) in [5.74, 6) is 0.662. The number of methoxy groups -OCH3 is 1. The lowest BCUT2D eigenvalue weighted by Crippen LogP contribution is -2.33. The fraction of sp³-hybridized carbons (Fsp3) is 0.500. The van der Waals surface area contributed by atoms with Crippen LogP contribution >= 0.6 is 0 Å². The number of aromatic nitrogens is 2. The number of rotatable bonds is 3. The van der Waals surface area contributed by atoms with Crippen LogP contribution in [0.1, 0.15) is 19.4 Å². The SMILES string of the molecule is CC.COc1ccc2[nH]cc(C[N+](C)(C)C)c2n1. The minimum atomic E-state index is 0.662. The van der Waals surface area contributed by atoms with Crippen molar-refractivity contribution < 1.29 is 9.22 Å². The summed E-state index contributed by atoms with van der Waals surface area (Å²) in [5.41, 5.74) is 3.29. The third-order valence-corrected chi connectivity index (χ3v) is 2.43. The topological polar surface area (TPSA) is 37.9 Å². The number of nitrogens with zero attached hydrogens (tertiary/aromatic N) is 2. The lowest BCUT2D eigenvalue weighted by atomic mass is 10.2. The Kier molecular flexibility index (Phi) is 4.73. The predicted molar refractivity (Wildman–Crippen MR) is 75.7 cm³/mol. The zero-order valence-electron chi connectivity index (χ0n) is 12.2. The van der Waals surface area contributed by atoms with Crippen molar-refractivity contribution in [2.45, 2.75) is 20.4 Å². The Morgan fingerprint density at radius 3 is 2.44 bits per heavy atom. The van der Waals surface area contributed by atoms with Gasteiger partial charge in [0.15, 0.2) is 0 Å². The van der Waals surface area contributed by atoms with Gasteiger partial charge in [-0.3, -0.25) is 0 Å². The molecule has 0 fully saturated rings. The molecule has 0 saturated heterocycles. The van der Waals surface area contributed by atoms with Crippen LogP contribution in [-0.4, -0.2) is 42.7 Å². The molecule has 0 saturated carbocycles. The van der Waals surface area contributed by atoms with Crippen molar-refractivity contribution >= 4 is 11.0 Å². The molecule has 2 heterocycles. The molecule has 0 unspecified atom stereocenters. The molecule has 0 spiro atoms. The molecule has 2 aromatic rings. The summed E-state index contributed by atoms with van der Waals surface area (Å²) in [6.45, 7) is 4.94. The van der Waals surface area contributed by atoms with E-state index in [1.807, 2.05) is 32.2 Å². The molecular weight excluding hydrogens is 226 g/mol. The van der Waals surface area contributed by atoms with Gasteiger partial charge in [-0.25, -0.2) is 4.98 Å². The minimum Gasteiger partial charge on any atom is -0.481 e. The van der Waals surface area contributed by atoms with Crippen molar-refractivity contribution in [3.63, 3.8) is 0 Å². The Hall–Kier alpha value is -1.55. The van der Waals surface area contributed by atoms with E-state index in [4.69, 9.17) is 4.74 Å². The molecule has 0 aromatic carbocycles. The number of pyridine rings is 1. The number of hydrogen-bond acceptors (Lipinski definition) is 2. The summed E-state index contributed by atoms with van der Waals surface area (Å²) in [6.07, 6.45) is 2.03. The van der Waals surface area contributed by atoms with Gasteiger partial charge in [-0.05, 0) is 6.07 Å². The number of H-pyrrole nitrogens is 1. The van der Waals surface area contributed by atoms with E-state index in [9.17, 15) is 0 Å². The van der Waals surface area contributed by atoms with E-state index in [0.29, 0.717) is 5.88 Å². The van der Waals surface area contributed by atoms with E-state index in [1.165, 1.54) is 5.56 Å². The molecule has 2 rings (SSSR count). The number of nitrogens with one attached hydrogen (secondary N) is 1. The summed E-state index contributed by atoms with van der Waals surface area (Å²) in [7, 11) is 8.14. The summed E-state index contributed by atoms with van der Waals surface area (Å²) < 4.78 is 6.03. The Morgan fingerprint density at radius 1 is 1.22 bits per heavy atom. The molecule has 0 aliphatic heterocycles. The van der Waals surface area contributed by atoms with Crippen molar-refractivity contribution in [1.82, 2.24) is 9.97 Å². The third-order valence-electron chi connectivity index (χ3n) is 2.43. The highest BCUT2D eigenvalue weighted by Gasteiger charge is 2.14. The number of hydrogen-bond donors (Lipinski definition) is 1. The largest absolute Gasteiger partial charge is 0.481 e. The van der Waals surface area contributed by atoms with Gasteiger partial charge in [0, 0.05) is 12.3 Å². The van der Waals surface area contributed by atoms with E-state index < -0.39 is 0 Å². The summed E-state index contributed by atoms with van der Waals surface area (Å²) in [6, 6.07) is 3.87. The molecule has 2 aromatic heterocycles. The second-order valence-electron chi connectivity index (χ2n) is 5.01. The molecule has 0 aliphatic rings.